The van der Waals surface area contributed by atoms with Crippen LogP contribution in [0.4, 0.5) is 23.4 Å². The van der Waals surface area contributed by atoms with Crippen LogP contribution in [0.25, 0.3) is 11.2 Å². The van der Waals surface area contributed by atoms with Gasteiger partial charge in [-0.05, 0) is 0 Å². The van der Waals surface area contributed by atoms with Gasteiger partial charge in [0.25, 0.3) is 11.1 Å². The molecule has 0 spiro atoms. The van der Waals surface area contributed by atoms with Crippen LogP contribution < -0.4 is 32.4 Å². The number of rotatable bonds is 12. The first-order valence-electron chi connectivity index (χ1n) is 14.5. The number of ether oxygens (including phenoxy) is 2. The number of aliphatic hydroxyl groups is 4. The number of aromatic nitrogens is 6. The normalized spacial score (nSPS) is 31.1. The Labute approximate surface area is 287 Å². The summed E-state index contributed by atoms with van der Waals surface area (Å²) in [4.78, 5) is 73.4. The first-order chi connectivity index (χ1) is 24.2. The summed E-state index contributed by atoms with van der Waals surface area (Å²) in [6.07, 6.45) is -12.2. The second-order valence-corrected chi connectivity index (χ2v) is 16.1. The SMILES string of the molecule is CN1CN([C@@H]2O[C@H](COP(=O)(O)OP(=O)(O)OP(=O)(O)OC[C@H]3O[C@@H](n4cnc5c(=O)[nH]c(N)nc54)[C@H](O)[C@@H]3O)[C@@H](O)[C@H]2O)c2nc(N)[nH]c(=O)c21. The van der Waals surface area contributed by atoms with Crippen molar-refractivity contribution >= 4 is 58.0 Å². The highest BCUT2D eigenvalue weighted by Crippen LogP contribution is 2.67. The lowest BCUT2D eigenvalue weighted by Crippen LogP contribution is -2.45. The lowest BCUT2D eigenvalue weighted by Gasteiger charge is -2.27. The van der Waals surface area contributed by atoms with E-state index in [9.17, 15) is 58.4 Å². The monoisotopic (exact) mass is 804 g/mol. The van der Waals surface area contributed by atoms with E-state index in [0.29, 0.717) is 0 Å². The quantitative estimate of drug-likeness (QED) is 0.0772. The van der Waals surface area contributed by atoms with Gasteiger partial charge < -0.3 is 65.8 Å². The molecule has 0 aliphatic carbocycles. The number of nitrogens with one attached hydrogen (secondary N) is 2. The highest BCUT2D eigenvalue weighted by Gasteiger charge is 2.51. The van der Waals surface area contributed by atoms with Gasteiger partial charge in [0.2, 0.25) is 11.9 Å². The van der Waals surface area contributed by atoms with Gasteiger partial charge in [-0.15, -0.1) is 0 Å². The van der Waals surface area contributed by atoms with Gasteiger partial charge in [0.1, 0.15) is 42.3 Å². The van der Waals surface area contributed by atoms with Crippen molar-refractivity contribution in [1.29, 1.82) is 0 Å². The summed E-state index contributed by atoms with van der Waals surface area (Å²) in [5.74, 6) is -0.579. The van der Waals surface area contributed by atoms with Crippen molar-refractivity contribution in [3.63, 3.8) is 0 Å². The Bertz CT molecular complexity index is 2120. The van der Waals surface area contributed by atoms with Crippen LogP contribution in [-0.2, 0) is 40.8 Å². The molecular weight excluding hydrogens is 773 g/mol. The second-order valence-electron chi connectivity index (χ2n) is 11.5. The molecule has 0 saturated carbocycles. The van der Waals surface area contributed by atoms with Gasteiger partial charge in [-0.3, -0.25) is 33.2 Å². The average molecular weight is 804 g/mol. The fraction of sp³-hybridized carbons (Fsp3) is 0.571. The van der Waals surface area contributed by atoms with Crippen LogP contribution in [0.15, 0.2) is 15.9 Å². The van der Waals surface area contributed by atoms with Crippen molar-refractivity contribution in [3.8, 4) is 0 Å². The maximum atomic E-state index is 12.5. The number of nitrogens with zero attached hydrogens (tertiary/aromatic N) is 6. The number of aliphatic hydroxyl groups excluding tert-OH is 4. The summed E-state index contributed by atoms with van der Waals surface area (Å²) < 4.78 is 66.7. The molecule has 0 bridgehead atoms. The van der Waals surface area contributed by atoms with E-state index < -0.39 is 96.9 Å². The first-order valence-corrected chi connectivity index (χ1v) is 19.0. The number of imidazole rings is 1. The van der Waals surface area contributed by atoms with Gasteiger partial charge >= 0.3 is 23.5 Å². The number of anilines is 4. The second kappa shape index (κ2) is 13.8. The third kappa shape index (κ3) is 7.51. The van der Waals surface area contributed by atoms with Crippen LogP contribution in [0.3, 0.4) is 0 Å². The molecule has 3 aromatic heterocycles. The Hall–Kier alpha value is -3.40. The Kier molecular flexibility index (Phi) is 10.2. The van der Waals surface area contributed by atoms with Crippen molar-refractivity contribution in [2.24, 2.45) is 0 Å². The molecule has 3 unspecified atom stereocenters. The van der Waals surface area contributed by atoms with E-state index in [2.05, 4.69) is 42.6 Å². The molecule has 31 heteroatoms. The number of aromatic amines is 2. The van der Waals surface area contributed by atoms with Crippen molar-refractivity contribution in [3.05, 3.63) is 27.0 Å². The average Bonchev–Trinajstić information content (AvgIpc) is 3.74. The number of nitrogen functional groups attached to an aromatic ring is 2. The lowest BCUT2D eigenvalue weighted by atomic mass is 10.1. The maximum absolute atomic E-state index is 12.5. The van der Waals surface area contributed by atoms with Gasteiger partial charge in [0.05, 0.1) is 26.2 Å². The lowest BCUT2D eigenvalue weighted by molar-refractivity contribution is -0.0503. The molecule has 28 nitrogen and oxygen atoms in total. The molecule has 3 aliphatic rings. The van der Waals surface area contributed by atoms with Crippen LogP contribution in [0.5, 0.6) is 0 Å². The molecular formula is C21H31N10O18P3. The molecule has 3 aliphatic heterocycles. The molecule has 0 amide bonds. The van der Waals surface area contributed by atoms with E-state index in [0.717, 1.165) is 10.9 Å². The molecule has 3 aromatic rings. The van der Waals surface area contributed by atoms with Gasteiger partial charge in [0.15, 0.2) is 29.4 Å². The standard InChI is InChI=1S/C21H31N10O18P3/c1-29-5-31(15-9(29)17(37)28-21(23)26-15)19-13(35)11(33)7(47-19)3-45-51(40,41)49-52(42,43)48-50(38,39)44-2-6-10(32)12(34)18(46-6)30-4-24-8-14(30)25-20(22)27-16(8)36/h4,6-7,10-13,18-19,32-35H,2-3,5H2,1H3,(H,38,39)(H,40,41)(H,42,43)(H3,22,25,27,36)(H3,23,26,28,37)/t6-,7-,10-,11-,12-,13-,18-,19-/m1/s1. The van der Waals surface area contributed by atoms with E-state index in [1.54, 1.807) is 0 Å². The Morgan fingerprint density at radius 2 is 1.35 bits per heavy atom. The van der Waals surface area contributed by atoms with Gasteiger partial charge in [-0.25, -0.2) is 18.7 Å². The van der Waals surface area contributed by atoms with Crippen molar-refractivity contribution in [1.82, 2.24) is 29.5 Å². The van der Waals surface area contributed by atoms with E-state index in [-0.39, 0.29) is 41.2 Å². The summed E-state index contributed by atoms with van der Waals surface area (Å²) in [6.45, 7) is -2.23. The number of fused-ring (bicyclic) bond motifs is 2. The van der Waals surface area contributed by atoms with Gasteiger partial charge in [-0.1, -0.05) is 0 Å². The smallest absolute Gasteiger partial charge is 0.387 e. The van der Waals surface area contributed by atoms with Crippen molar-refractivity contribution in [2.75, 3.05) is 48.2 Å². The predicted octanol–water partition coefficient (Wildman–Crippen LogP) is -4.29. The Morgan fingerprint density at radius 3 is 1.94 bits per heavy atom. The van der Waals surface area contributed by atoms with E-state index >= 15 is 0 Å². The third-order valence-electron chi connectivity index (χ3n) is 7.84. The number of hydrogen-bond donors (Lipinski definition) is 11. The fourth-order valence-corrected chi connectivity index (χ4v) is 9.11. The van der Waals surface area contributed by atoms with Crippen LogP contribution >= 0.6 is 23.5 Å². The minimum absolute atomic E-state index is 0.00993. The maximum Gasteiger partial charge on any atom is 0.490 e. The molecule has 2 fully saturated rings. The van der Waals surface area contributed by atoms with Crippen LogP contribution in [0, 0.1) is 0 Å². The molecule has 288 valence electrons. The minimum Gasteiger partial charge on any atom is -0.387 e. The molecule has 52 heavy (non-hydrogen) atoms. The minimum atomic E-state index is -6.00. The Balaban J connectivity index is 1.03. The summed E-state index contributed by atoms with van der Waals surface area (Å²) in [5, 5.41) is 42.1. The zero-order chi connectivity index (χ0) is 38.1. The summed E-state index contributed by atoms with van der Waals surface area (Å²) in [6, 6.07) is 0. The molecule has 6 heterocycles. The van der Waals surface area contributed by atoms with Gasteiger partial charge in [-0.2, -0.15) is 18.6 Å². The number of H-pyrrole nitrogens is 2. The summed E-state index contributed by atoms with van der Waals surface area (Å²) in [5.41, 5.74) is 9.55. The largest absolute Gasteiger partial charge is 0.490 e. The zero-order valence-electron chi connectivity index (χ0n) is 26.1. The summed E-state index contributed by atoms with van der Waals surface area (Å²) in [7, 11) is -15.8. The van der Waals surface area contributed by atoms with Crippen molar-refractivity contribution in [2.45, 2.75) is 49.1 Å². The first kappa shape index (κ1) is 38.3. The van der Waals surface area contributed by atoms with Crippen molar-refractivity contribution < 1.29 is 75.9 Å². The van der Waals surface area contributed by atoms with Crippen LogP contribution in [0.2, 0.25) is 0 Å². The molecule has 0 aromatic carbocycles. The molecule has 6 rings (SSSR count). The summed E-state index contributed by atoms with van der Waals surface area (Å²) >= 11 is 0. The number of hydrogen-bond acceptors (Lipinski definition) is 22. The molecule has 11 atom stereocenters. The zero-order valence-corrected chi connectivity index (χ0v) is 28.8. The Morgan fingerprint density at radius 1 is 0.827 bits per heavy atom. The van der Waals surface area contributed by atoms with Crippen LogP contribution in [0.1, 0.15) is 6.23 Å². The fourth-order valence-electron chi connectivity index (χ4n) is 5.59. The van der Waals surface area contributed by atoms with E-state index in [1.165, 1.54) is 16.8 Å². The predicted molar refractivity (Wildman–Crippen MR) is 168 cm³/mol. The number of phosphoric ester groups is 2. The molecule has 2 saturated heterocycles. The number of nitrogens with two attached hydrogens (primary N) is 2. The highest BCUT2D eigenvalue weighted by atomic mass is 31.3. The molecule has 13 N–H and O–H groups in total. The number of phosphoric acid groups is 3. The van der Waals surface area contributed by atoms with E-state index in [4.69, 9.17) is 20.9 Å². The third-order valence-corrected chi connectivity index (χ3v) is 12.1. The topological polar surface area (TPSA) is 416 Å². The van der Waals surface area contributed by atoms with Gasteiger partial charge in [0, 0.05) is 7.05 Å². The molecule has 0 radical (unpaired) electrons. The van der Waals surface area contributed by atoms with Crippen LogP contribution in [-0.4, -0.2) is 134 Å². The highest BCUT2D eigenvalue weighted by molar-refractivity contribution is 7.66. The van der Waals surface area contributed by atoms with E-state index in [1.807, 2.05) is 0 Å².